The molecule has 0 radical (unpaired) electrons. The Bertz CT molecular complexity index is 617. The number of halogens is 4. The van der Waals surface area contributed by atoms with Gasteiger partial charge in [0.25, 0.3) is 0 Å². The highest BCUT2D eigenvalue weighted by molar-refractivity contribution is 9.11. The van der Waals surface area contributed by atoms with Crippen LogP contribution < -0.4 is 5.32 Å². The maximum Gasteiger partial charge on any atom is 0.127 e. The topological polar surface area (TPSA) is 24.9 Å². The summed E-state index contributed by atoms with van der Waals surface area (Å²) in [4.78, 5) is 4.43. The number of likely N-dealkylation sites (N-methyl/N-ethyl adjacent to an activating group) is 1. The normalized spacial score (nSPS) is 12.4. The van der Waals surface area contributed by atoms with Gasteiger partial charge in [0.05, 0.1) is 11.7 Å². The second-order valence-corrected chi connectivity index (χ2v) is 6.71. The van der Waals surface area contributed by atoms with E-state index in [0.717, 1.165) is 21.2 Å². The summed E-state index contributed by atoms with van der Waals surface area (Å²) < 4.78 is 15.7. The molecule has 112 valence electrons. The van der Waals surface area contributed by atoms with Gasteiger partial charge in [-0.15, -0.1) is 0 Å². The summed E-state index contributed by atoms with van der Waals surface area (Å²) in [7, 11) is 0. The molecule has 1 N–H and O–H groups in total. The van der Waals surface area contributed by atoms with Gasteiger partial charge in [-0.05, 0) is 63.0 Å². The number of nitrogens with zero attached hydrogens (tertiary/aromatic N) is 1. The van der Waals surface area contributed by atoms with Crippen LogP contribution in [0.3, 0.4) is 0 Å². The highest BCUT2D eigenvalue weighted by Crippen LogP contribution is 2.29. The summed E-state index contributed by atoms with van der Waals surface area (Å²) in [6.07, 6.45) is 2.17. The van der Waals surface area contributed by atoms with Crippen molar-refractivity contribution in [2.75, 3.05) is 6.54 Å². The van der Waals surface area contributed by atoms with E-state index in [-0.39, 0.29) is 11.9 Å². The molecule has 1 atom stereocenters. The number of rotatable bonds is 5. The fourth-order valence-electron chi connectivity index (χ4n) is 2.12. The molecule has 2 aromatic rings. The van der Waals surface area contributed by atoms with Crippen molar-refractivity contribution in [1.29, 1.82) is 0 Å². The Morgan fingerprint density at radius 2 is 2.14 bits per heavy atom. The lowest BCUT2D eigenvalue weighted by Gasteiger charge is -2.20. The minimum atomic E-state index is -0.293. The van der Waals surface area contributed by atoms with Gasteiger partial charge in [0.15, 0.2) is 0 Å². The quantitative estimate of drug-likeness (QED) is 0.689. The van der Waals surface area contributed by atoms with E-state index in [0.29, 0.717) is 17.0 Å². The Hall–Kier alpha value is -0.490. The predicted octanol–water partition coefficient (Wildman–Crippen LogP) is 5.29. The van der Waals surface area contributed by atoms with Gasteiger partial charge in [0.2, 0.25) is 0 Å². The van der Waals surface area contributed by atoms with Crippen LogP contribution in [0.2, 0.25) is 5.02 Å². The lowest BCUT2D eigenvalue weighted by molar-refractivity contribution is 0.516. The molecule has 6 heteroatoms. The third-order valence-corrected chi connectivity index (χ3v) is 4.51. The number of hydrogen-bond acceptors (Lipinski definition) is 2. The SMILES string of the molecule is CCNC(Cc1c(F)cccc1Cl)c1ncc(Br)cc1Br. The predicted molar refractivity (Wildman–Crippen MR) is 91.2 cm³/mol. The molecule has 0 aliphatic rings. The van der Waals surface area contributed by atoms with Crippen molar-refractivity contribution in [1.82, 2.24) is 10.3 Å². The van der Waals surface area contributed by atoms with Gasteiger partial charge in [-0.3, -0.25) is 4.98 Å². The van der Waals surface area contributed by atoms with Crippen LogP contribution in [0, 0.1) is 5.82 Å². The maximum absolute atomic E-state index is 14.0. The van der Waals surface area contributed by atoms with E-state index in [9.17, 15) is 4.39 Å². The first-order valence-corrected chi connectivity index (χ1v) is 8.46. The van der Waals surface area contributed by atoms with Crippen LogP contribution in [0.1, 0.15) is 24.2 Å². The molecule has 0 saturated carbocycles. The van der Waals surface area contributed by atoms with E-state index in [2.05, 4.69) is 42.2 Å². The van der Waals surface area contributed by atoms with Crippen molar-refractivity contribution in [3.05, 3.63) is 61.5 Å². The standard InChI is InChI=1S/C15H14Br2ClFN2/c1-2-20-14(15-11(17)6-9(16)8-21-15)7-10-12(18)4-3-5-13(10)19/h3-6,8,14,20H,2,7H2,1H3. The average molecular weight is 437 g/mol. The molecule has 1 heterocycles. The molecule has 2 nitrogen and oxygen atoms in total. The molecule has 1 aromatic carbocycles. The molecular weight excluding hydrogens is 422 g/mol. The molecule has 0 fully saturated rings. The second kappa shape index (κ2) is 7.68. The van der Waals surface area contributed by atoms with Crippen LogP contribution in [-0.2, 0) is 6.42 Å². The molecule has 0 saturated heterocycles. The van der Waals surface area contributed by atoms with E-state index in [4.69, 9.17) is 11.6 Å². The molecule has 0 aliphatic carbocycles. The summed E-state index contributed by atoms with van der Waals surface area (Å²) >= 11 is 13.0. The molecule has 0 amide bonds. The van der Waals surface area contributed by atoms with Crippen LogP contribution >= 0.6 is 43.5 Å². The first-order valence-electron chi connectivity index (χ1n) is 6.50. The van der Waals surface area contributed by atoms with Crippen LogP contribution in [-0.4, -0.2) is 11.5 Å². The molecule has 1 unspecified atom stereocenters. The van der Waals surface area contributed by atoms with Gasteiger partial charge in [-0.1, -0.05) is 24.6 Å². The number of benzene rings is 1. The van der Waals surface area contributed by atoms with E-state index >= 15 is 0 Å². The molecule has 0 aliphatic heterocycles. The van der Waals surface area contributed by atoms with Crippen molar-refractivity contribution in [3.8, 4) is 0 Å². The fourth-order valence-corrected chi connectivity index (χ4v) is 3.63. The van der Waals surface area contributed by atoms with Crippen LogP contribution in [0.5, 0.6) is 0 Å². The fraction of sp³-hybridized carbons (Fsp3) is 0.267. The van der Waals surface area contributed by atoms with E-state index in [1.54, 1.807) is 18.3 Å². The van der Waals surface area contributed by atoms with Gasteiger partial charge < -0.3 is 5.32 Å². The highest BCUT2D eigenvalue weighted by Gasteiger charge is 2.19. The lowest BCUT2D eigenvalue weighted by atomic mass is 10.0. The van der Waals surface area contributed by atoms with Crippen molar-refractivity contribution in [2.24, 2.45) is 0 Å². The summed E-state index contributed by atoms with van der Waals surface area (Å²) in [5.41, 5.74) is 1.33. The van der Waals surface area contributed by atoms with Crippen LogP contribution in [0.4, 0.5) is 4.39 Å². The van der Waals surface area contributed by atoms with Crippen molar-refractivity contribution in [3.63, 3.8) is 0 Å². The summed E-state index contributed by atoms with van der Waals surface area (Å²) in [5, 5.41) is 3.77. The van der Waals surface area contributed by atoms with Crippen molar-refractivity contribution < 1.29 is 4.39 Å². The van der Waals surface area contributed by atoms with Gasteiger partial charge in [-0.2, -0.15) is 0 Å². The summed E-state index contributed by atoms with van der Waals surface area (Å²) in [6, 6.07) is 6.54. The smallest absolute Gasteiger partial charge is 0.127 e. The molecular formula is C15H14Br2ClFN2. The minimum Gasteiger partial charge on any atom is -0.309 e. The average Bonchev–Trinajstić information content (AvgIpc) is 2.42. The first kappa shape index (κ1) is 16.9. The Labute approximate surface area is 145 Å². The third kappa shape index (κ3) is 4.25. The minimum absolute atomic E-state index is 0.119. The Balaban J connectivity index is 2.35. The Morgan fingerprint density at radius 1 is 1.38 bits per heavy atom. The van der Waals surface area contributed by atoms with Crippen molar-refractivity contribution >= 4 is 43.5 Å². The van der Waals surface area contributed by atoms with E-state index < -0.39 is 0 Å². The summed E-state index contributed by atoms with van der Waals surface area (Å²) in [6.45, 7) is 2.75. The Morgan fingerprint density at radius 3 is 2.76 bits per heavy atom. The number of hydrogen-bond donors (Lipinski definition) is 1. The lowest BCUT2D eigenvalue weighted by Crippen LogP contribution is -2.24. The molecule has 1 aromatic heterocycles. The third-order valence-electron chi connectivity index (χ3n) is 3.09. The largest absolute Gasteiger partial charge is 0.309 e. The highest BCUT2D eigenvalue weighted by atomic mass is 79.9. The van der Waals surface area contributed by atoms with Crippen LogP contribution in [0.25, 0.3) is 0 Å². The van der Waals surface area contributed by atoms with Crippen LogP contribution in [0.15, 0.2) is 39.4 Å². The summed E-state index contributed by atoms with van der Waals surface area (Å²) in [5.74, 6) is -0.293. The zero-order valence-corrected chi connectivity index (χ0v) is 15.3. The number of nitrogens with one attached hydrogen (secondary N) is 1. The van der Waals surface area contributed by atoms with E-state index in [1.807, 2.05) is 13.0 Å². The molecule has 21 heavy (non-hydrogen) atoms. The van der Waals surface area contributed by atoms with E-state index in [1.165, 1.54) is 6.07 Å². The van der Waals surface area contributed by atoms with Gasteiger partial charge in [0, 0.05) is 25.7 Å². The number of pyridine rings is 1. The monoisotopic (exact) mass is 434 g/mol. The molecule has 0 spiro atoms. The molecule has 0 bridgehead atoms. The maximum atomic E-state index is 14.0. The Kier molecular flexibility index (Phi) is 6.17. The molecule has 2 rings (SSSR count). The zero-order valence-electron chi connectivity index (χ0n) is 11.3. The number of aromatic nitrogens is 1. The van der Waals surface area contributed by atoms with Crippen molar-refractivity contribution in [2.45, 2.75) is 19.4 Å². The van der Waals surface area contributed by atoms with Gasteiger partial charge in [0.1, 0.15) is 5.82 Å². The van der Waals surface area contributed by atoms with Gasteiger partial charge >= 0.3 is 0 Å². The first-order chi connectivity index (χ1) is 10.0. The zero-order chi connectivity index (χ0) is 15.4. The van der Waals surface area contributed by atoms with Gasteiger partial charge in [-0.25, -0.2) is 4.39 Å². The second-order valence-electron chi connectivity index (χ2n) is 4.54.